The Kier molecular flexibility index (Phi) is 4.48. The van der Waals surface area contributed by atoms with Gasteiger partial charge in [0.25, 0.3) is 10.0 Å². The van der Waals surface area contributed by atoms with Crippen LogP contribution >= 0.6 is 0 Å². The molecular weight excluding hydrogens is 410 g/mol. The van der Waals surface area contributed by atoms with E-state index in [1.807, 2.05) is 67.6 Å². The first-order chi connectivity index (χ1) is 14.9. The van der Waals surface area contributed by atoms with Gasteiger partial charge in [0.05, 0.1) is 16.2 Å². The third-order valence-corrected chi connectivity index (χ3v) is 7.71. The lowest BCUT2D eigenvalue weighted by Gasteiger charge is -2.36. The van der Waals surface area contributed by atoms with Gasteiger partial charge >= 0.3 is 5.97 Å². The molecule has 6 heteroatoms. The lowest BCUT2D eigenvalue weighted by molar-refractivity contribution is -0.145. The van der Waals surface area contributed by atoms with E-state index in [0.29, 0.717) is 28.8 Å². The van der Waals surface area contributed by atoms with Crippen molar-refractivity contribution in [3.63, 3.8) is 0 Å². The minimum Gasteiger partial charge on any atom is -0.439 e. The van der Waals surface area contributed by atoms with Crippen LogP contribution in [-0.4, -0.2) is 25.2 Å². The third-order valence-electron chi connectivity index (χ3n) is 5.90. The van der Waals surface area contributed by atoms with Gasteiger partial charge in [-0.1, -0.05) is 78.4 Å². The Morgan fingerprint density at radius 2 is 1.39 bits per heavy atom. The summed E-state index contributed by atoms with van der Waals surface area (Å²) in [5.41, 5.74) is 1.90. The van der Waals surface area contributed by atoms with Crippen molar-refractivity contribution in [3.8, 4) is 0 Å². The SMILES string of the molecule is Cc1ccc(S(=O)(=O)N2CCC3=C2C(c2ccccc2)(c2ccccc2)OC3=O)cc1. The number of carbonyl (C=O) groups excluding carboxylic acids is 1. The Morgan fingerprint density at radius 1 is 0.839 bits per heavy atom. The molecule has 5 rings (SSSR count). The Labute approximate surface area is 181 Å². The smallest absolute Gasteiger partial charge is 0.337 e. The minimum absolute atomic E-state index is 0.196. The number of ether oxygens (including phenoxy) is 1. The zero-order valence-corrected chi connectivity index (χ0v) is 17.8. The van der Waals surface area contributed by atoms with E-state index < -0.39 is 21.6 Å². The van der Waals surface area contributed by atoms with Crippen molar-refractivity contribution in [2.24, 2.45) is 0 Å². The number of esters is 1. The number of cyclic esters (lactones) is 1. The van der Waals surface area contributed by atoms with Gasteiger partial charge in [-0.25, -0.2) is 13.2 Å². The molecule has 0 bridgehead atoms. The fourth-order valence-electron chi connectivity index (χ4n) is 4.41. The van der Waals surface area contributed by atoms with Crippen LogP contribution in [0.1, 0.15) is 23.1 Å². The summed E-state index contributed by atoms with van der Waals surface area (Å²) in [5, 5.41) is 0. The first kappa shape index (κ1) is 19.6. The van der Waals surface area contributed by atoms with Crippen molar-refractivity contribution in [2.45, 2.75) is 23.8 Å². The summed E-state index contributed by atoms with van der Waals surface area (Å²) >= 11 is 0. The van der Waals surface area contributed by atoms with E-state index in [9.17, 15) is 13.2 Å². The van der Waals surface area contributed by atoms with Gasteiger partial charge in [0, 0.05) is 24.1 Å². The van der Waals surface area contributed by atoms with Gasteiger partial charge in [-0.3, -0.25) is 4.31 Å². The van der Waals surface area contributed by atoms with Crippen LogP contribution in [0.3, 0.4) is 0 Å². The molecule has 0 unspecified atom stereocenters. The number of nitrogens with zero attached hydrogens (tertiary/aromatic N) is 1. The molecule has 3 aromatic rings. The third kappa shape index (κ3) is 2.90. The van der Waals surface area contributed by atoms with Gasteiger partial charge in [-0.15, -0.1) is 0 Å². The molecule has 0 N–H and O–H groups in total. The van der Waals surface area contributed by atoms with Crippen molar-refractivity contribution in [1.29, 1.82) is 0 Å². The number of aryl methyl sites for hydroxylation is 1. The molecule has 2 heterocycles. The van der Waals surface area contributed by atoms with Crippen LogP contribution in [0.15, 0.2) is 101 Å². The van der Waals surface area contributed by atoms with Crippen molar-refractivity contribution in [1.82, 2.24) is 4.31 Å². The maximum atomic E-state index is 13.7. The Bertz CT molecular complexity index is 1240. The van der Waals surface area contributed by atoms with Crippen LogP contribution in [0.25, 0.3) is 0 Å². The predicted octanol–water partition coefficient (Wildman–Crippen LogP) is 4.14. The standard InChI is InChI=1S/C25H21NO4S/c1-18-12-14-21(15-13-18)31(28,29)26-17-16-22-23(26)25(30-24(22)27,19-8-4-2-5-9-19)20-10-6-3-7-11-20/h2-15H,16-17H2,1H3. The molecule has 0 fully saturated rings. The first-order valence-corrected chi connectivity index (χ1v) is 11.6. The molecule has 5 nitrogen and oxygen atoms in total. The predicted molar refractivity (Wildman–Crippen MR) is 116 cm³/mol. The molecule has 0 aromatic heterocycles. The summed E-state index contributed by atoms with van der Waals surface area (Å²) in [6.07, 6.45) is 0.320. The topological polar surface area (TPSA) is 63.7 Å². The second-order valence-corrected chi connectivity index (χ2v) is 9.63. The average Bonchev–Trinajstić information content (AvgIpc) is 3.36. The fraction of sp³-hybridized carbons (Fsp3) is 0.160. The van der Waals surface area contributed by atoms with Gasteiger partial charge in [0.1, 0.15) is 0 Å². The molecule has 156 valence electrons. The van der Waals surface area contributed by atoms with Crippen LogP contribution in [0.5, 0.6) is 0 Å². The first-order valence-electron chi connectivity index (χ1n) is 10.1. The highest BCUT2D eigenvalue weighted by Gasteiger charge is 2.57. The summed E-state index contributed by atoms with van der Waals surface area (Å²) in [5.74, 6) is -0.468. The summed E-state index contributed by atoms with van der Waals surface area (Å²) in [6, 6.07) is 25.4. The minimum atomic E-state index is -3.88. The number of sulfonamides is 1. The molecule has 0 radical (unpaired) electrons. The van der Waals surface area contributed by atoms with E-state index >= 15 is 0 Å². The quantitative estimate of drug-likeness (QED) is 0.583. The van der Waals surface area contributed by atoms with E-state index in [2.05, 4.69) is 0 Å². The highest BCUT2D eigenvalue weighted by Crippen LogP contribution is 2.52. The van der Waals surface area contributed by atoms with E-state index in [0.717, 1.165) is 5.56 Å². The van der Waals surface area contributed by atoms with Crippen molar-refractivity contribution in [2.75, 3.05) is 6.54 Å². The second kappa shape index (κ2) is 7.10. The van der Waals surface area contributed by atoms with Crippen LogP contribution in [-0.2, 0) is 25.2 Å². The molecule has 31 heavy (non-hydrogen) atoms. The van der Waals surface area contributed by atoms with Crippen LogP contribution in [0.4, 0.5) is 0 Å². The summed E-state index contributed by atoms with van der Waals surface area (Å²) in [6.45, 7) is 2.11. The number of carbonyl (C=O) groups is 1. The Morgan fingerprint density at radius 3 is 1.94 bits per heavy atom. The van der Waals surface area contributed by atoms with Gasteiger partial charge < -0.3 is 4.74 Å². The highest BCUT2D eigenvalue weighted by atomic mass is 32.2. The van der Waals surface area contributed by atoms with Crippen LogP contribution < -0.4 is 0 Å². The molecule has 0 amide bonds. The second-order valence-electron chi connectivity index (χ2n) is 7.77. The molecule has 0 spiro atoms. The largest absolute Gasteiger partial charge is 0.439 e. The average molecular weight is 432 g/mol. The van der Waals surface area contributed by atoms with Gasteiger partial charge in [-0.05, 0) is 19.1 Å². The van der Waals surface area contributed by atoms with Gasteiger partial charge in [-0.2, -0.15) is 0 Å². The number of rotatable bonds is 4. The molecule has 0 atom stereocenters. The van der Waals surface area contributed by atoms with E-state index in [1.54, 1.807) is 24.3 Å². The number of hydrogen-bond acceptors (Lipinski definition) is 4. The molecule has 2 aliphatic rings. The van der Waals surface area contributed by atoms with Crippen LogP contribution in [0.2, 0.25) is 0 Å². The Balaban J connectivity index is 1.75. The lowest BCUT2D eigenvalue weighted by atomic mass is 9.83. The highest BCUT2D eigenvalue weighted by molar-refractivity contribution is 7.89. The zero-order chi connectivity index (χ0) is 21.6. The summed E-state index contributed by atoms with van der Waals surface area (Å²) < 4.78 is 34.7. The molecule has 0 saturated carbocycles. The van der Waals surface area contributed by atoms with E-state index in [-0.39, 0.29) is 11.4 Å². The summed E-state index contributed by atoms with van der Waals surface area (Å²) in [7, 11) is -3.88. The fourth-order valence-corrected chi connectivity index (χ4v) is 5.96. The number of hydrogen-bond donors (Lipinski definition) is 0. The van der Waals surface area contributed by atoms with Crippen molar-refractivity contribution in [3.05, 3.63) is 113 Å². The molecule has 2 aliphatic heterocycles. The van der Waals surface area contributed by atoms with Crippen LogP contribution in [0, 0.1) is 6.92 Å². The maximum absolute atomic E-state index is 13.7. The molecule has 0 aliphatic carbocycles. The molecule has 3 aromatic carbocycles. The zero-order valence-electron chi connectivity index (χ0n) is 17.0. The Hall–Kier alpha value is -3.38. The lowest BCUT2D eigenvalue weighted by Crippen LogP contribution is -2.41. The monoisotopic (exact) mass is 431 g/mol. The van der Waals surface area contributed by atoms with Crippen molar-refractivity contribution < 1.29 is 17.9 Å². The van der Waals surface area contributed by atoms with E-state index in [4.69, 9.17) is 4.74 Å². The van der Waals surface area contributed by atoms with E-state index in [1.165, 1.54) is 4.31 Å². The van der Waals surface area contributed by atoms with Crippen molar-refractivity contribution >= 4 is 16.0 Å². The van der Waals surface area contributed by atoms with Gasteiger partial charge in [0.15, 0.2) is 0 Å². The molecular formula is C25H21NO4S. The molecule has 0 saturated heterocycles. The normalized spacial score (nSPS) is 17.6. The number of benzene rings is 3. The summed E-state index contributed by atoms with van der Waals surface area (Å²) in [4.78, 5) is 13.2. The van der Waals surface area contributed by atoms with Gasteiger partial charge in [0.2, 0.25) is 5.60 Å². The maximum Gasteiger partial charge on any atom is 0.337 e.